The van der Waals surface area contributed by atoms with Gasteiger partial charge in [0.15, 0.2) is 0 Å². The molecule has 2 heterocycles. The Kier molecular flexibility index (Phi) is 7.99. The predicted octanol–water partition coefficient (Wildman–Crippen LogP) is 1.95. The number of nitro benzene ring substituents is 1. The number of hydrogen-bond acceptors (Lipinski definition) is 7. The molecule has 0 saturated carbocycles. The summed E-state index contributed by atoms with van der Waals surface area (Å²) < 4.78 is 13.1. The molecule has 2 amide bonds. The van der Waals surface area contributed by atoms with Crippen LogP contribution in [0.25, 0.3) is 0 Å². The summed E-state index contributed by atoms with van der Waals surface area (Å²) in [4.78, 5) is 43.5. The van der Waals surface area contributed by atoms with Crippen LogP contribution in [0, 0.1) is 15.9 Å². The van der Waals surface area contributed by atoms with Crippen molar-refractivity contribution < 1.29 is 18.9 Å². The largest absolute Gasteiger partial charge is 0.369 e. The van der Waals surface area contributed by atoms with E-state index in [0.717, 1.165) is 31.9 Å². The molecular weight excluding hydrogens is 467 g/mol. The monoisotopic (exact) mass is 498 g/mol. The van der Waals surface area contributed by atoms with E-state index in [1.807, 2.05) is 4.90 Å². The third-order valence-corrected chi connectivity index (χ3v) is 6.78. The second-order valence-electron chi connectivity index (χ2n) is 9.01. The van der Waals surface area contributed by atoms with Gasteiger partial charge in [0.2, 0.25) is 5.91 Å². The number of benzene rings is 2. The number of hydrogen-bond donors (Lipinski definition) is 1. The van der Waals surface area contributed by atoms with Crippen LogP contribution in [0.1, 0.15) is 17.3 Å². The van der Waals surface area contributed by atoms with E-state index >= 15 is 0 Å². The first-order chi connectivity index (χ1) is 17.3. The molecule has 192 valence electrons. The molecule has 2 aliphatic heterocycles. The number of nitrogens with one attached hydrogen (secondary N) is 1. The lowest BCUT2D eigenvalue weighted by Crippen LogP contribution is -2.48. The first kappa shape index (κ1) is 25.4. The molecule has 2 aromatic rings. The predicted molar refractivity (Wildman–Crippen MR) is 135 cm³/mol. The van der Waals surface area contributed by atoms with Crippen molar-refractivity contribution in [3.8, 4) is 0 Å². The molecule has 2 saturated heterocycles. The number of amides is 2. The third kappa shape index (κ3) is 6.09. The summed E-state index contributed by atoms with van der Waals surface area (Å²) in [6, 6.07) is 11.0. The van der Waals surface area contributed by atoms with E-state index in [9.17, 15) is 24.1 Å². The zero-order valence-corrected chi connectivity index (χ0v) is 20.4. The van der Waals surface area contributed by atoms with Crippen LogP contribution in [0.4, 0.5) is 21.5 Å². The van der Waals surface area contributed by atoms with Gasteiger partial charge in [0.25, 0.3) is 11.6 Å². The maximum atomic E-state index is 13.1. The highest BCUT2D eigenvalue weighted by molar-refractivity contribution is 5.95. The molecule has 0 atom stereocenters. The van der Waals surface area contributed by atoms with Crippen molar-refractivity contribution in [2.45, 2.75) is 6.92 Å². The van der Waals surface area contributed by atoms with Crippen LogP contribution >= 0.6 is 0 Å². The molecule has 10 nitrogen and oxygen atoms in total. The number of carbonyl (C=O) groups is 2. The molecule has 36 heavy (non-hydrogen) atoms. The molecule has 0 aromatic heterocycles. The Labute approximate surface area is 209 Å². The standard InChI is InChI=1S/C25H31FN6O4/c1-19(33)29-14-16-31(17-15-29)23-7-2-20(18-24(23)32(35)36)25(34)27-8-9-28-10-12-30(13-11-28)22-5-3-21(26)4-6-22/h2-7,18H,8-17H2,1H3,(H,27,34). The molecule has 4 rings (SSSR count). The Hall–Kier alpha value is -3.73. The van der Waals surface area contributed by atoms with Crippen molar-refractivity contribution in [3.05, 3.63) is 64.0 Å². The van der Waals surface area contributed by atoms with Crippen LogP contribution in [-0.2, 0) is 4.79 Å². The maximum absolute atomic E-state index is 13.1. The van der Waals surface area contributed by atoms with Gasteiger partial charge in [-0.1, -0.05) is 0 Å². The van der Waals surface area contributed by atoms with E-state index in [1.165, 1.54) is 25.1 Å². The molecule has 2 aliphatic rings. The number of nitrogens with zero attached hydrogens (tertiary/aromatic N) is 5. The van der Waals surface area contributed by atoms with Crippen molar-refractivity contribution in [2.24, 2.45) is 0 Å². The lowest BCUT2D eigenvalue weighted by molar-refractivity contribution is -0.384. The highest BCUT2D eigenvalue weighted by Crippen LogP contribution is 2.30. The van der Waals surface area contributed by atoms with Crippen molar-refractivity contribution in [2.75, 3.05) is 75.2 Å². The Morgan fingerprint density at radius 3 is 2.19 bits per heavy atom. The van der Waals surface area contributed by atoms with Gasteiger partial charge in [-0.25, -0.2) is 4.39 Å². The van der Waals surface area contributed by atoms with Crippen molar-refractivity contribution in [1.29, 1.82) is 0 Å². The molecule has 0 unspecified atom stereocenters. The summed E-state index contributed by atoms with van der Waals surface area (Å²) in [5, 5.41) is 14.6. The highest BCUT2D eigenvalue weighted by Gasteiger charge is 2.26. The van der Waals surface area contributed by atoms with E-state index in [-0.39, 0.29) is 28.9 Å². The van der Waals surface area contributed by atoms with Gasteiger partial charge in [0.1, 0.15) is 11.5 Å². The Balaban J connectivity index is 1.27. The quantitative estimate of drug-likeness (QED) is 0.460. The van der Waals surface area contributed by atoms with Gasteiger partial charge in [-0.05, 0) is 36.4 Å². The number of carbonyl (C=O) groups excluding carboxylic acids is 2. The Morgan fingerprint density at radius 2 is 1.58 bits per heavy atom. The van der Waals surface area contributed by atoms with Gasteiger partial charge in [-0.2, -0.15) is 0 Å². The molecular formula is C25H31FN6O4. The van der Waals surface area contributed by atoms with Gasteiger partial charge in [-0.3, -0.25) is 24.6 Å². The Morgan fingerprint density at radius 1 is 0.944 bits per heavy atom. The molecule has 0 spiro atoms. The smallest absolute Gasteiger partial charge is 0.293 e. The average Bonchev–Trinajstić information content (AvgIpc) is 2.89. The summed E-state index contributed by atoms with van der Waals surface area (Å²) >= 11 is 0. The summed E-state index contributed by atoms with van der Waals surface area (Å²) in [6.07, 6.45) is 0. The molecule has 2 fully saturated rings. The van der Waals surface area contributed by atoms with Crippen LogP contribution in [0.3, 0.4) is 0 Å². The third-order valence-electron chi connectivity index (χ3n) is 6.78. The van der Waals surface area contributed by atoms with E-state index in [2.05, 4.69) is 15.1 Å². The van der Waals surface area contributed by atoms with Crippen LogP contribution in [0.15, 0.2) is 42.5 Å². The van der Waals surface area contributed by atoms with Gasteiger partial charge < -0.3 is 20.0 Å². The number of nitro groups is 1. The van der Waals surface area contributed by atoms with Gasteiger partial charge >= 0.3 is 0 Å². The Bertz CT molecular complexity index is 1100. The molecule has 2 aromatic carbocycles. The van der Waals surface area contributed by atoms with Crippen LogP contribution < -0.4 is 15.1 Å². The SMILES string of the molecule is CC(=O)N1CCN(c2ccc(C(=O)NCCN3CCN(c4ccc(F)cc4)CC3)cc2[N+](=O)[O-])CC1. The van der Waals surface area contributed by atoms with Gasteiger partial charge in [-0.15, -0.1) is 0 Å². The summed E-state index contributed by atoms with van der Waals surface area (Å²) in [5.74, 6) is -0.609. The second kappa shape index (κ2) is 11.3. The van der Waals surface area contributed by atoms with Gasteiger partial charge in [0.05, 0.1) is 4.92 Å². The van der Waals surface area contributed by atoms with Gasteiger partial charge in [0, 0.05) is 89.7 Å². The topological polar surface area (TPSA) is 102 Å². The normalized spacial score (nSPS) is 16.7. The molecule has 1 N–H and O–H groups in total. The summed E-state index contributed by atoms with van der Waals surface area (Å²) in [6.45, 7) is 7.90. The first-order valence-electron chi connectivity index (χ1n) is 12.1. The number of rotatable bonds is 7. The molecule has 0 radical (unpaired) electrons. The lowest BCUT2D eigenvalue weighted by atomic mass is 10.1. The van der Waals surface area contributed by atoms with Crippen LogP contribution in [-0.4, -0.2) is 92.0 Å². The van der Waals surface area contributed by atoms with E-state index in [1.54, 1.807) is 29.2 Å². The van der Waals surface area contributed by atoms with E-state index in [4.69, 9.17) is 0 Å². The average molecular weight is 499 g/mol. The summed E-state index contributed by atoms with van der Waals surface area (Å²) in [7, 11) is 0. The number of anilines is 2. The zero-order chi connectivity index (χ0) is 25.7. The minimum Gasteiger partial charge on any atom is -0.369 e. The first-order valence-corrected chi connectivity index (χ1v) is 12.1. The van der Waals surface area contributed by atoms with E-state index < -0.39 is 4.92 Å². The number of piperazine rings is 2. The lowest BCUT2D eigenvalue weighted by Gasteiger charge is -2.36. The number of halogens is 1. The van der Waals surface area contributed by atoms with Crippen molar-refractivity contribution in [3.63, 3.8) is 0 Å². The minimum absolute atomic E-state index is 0.00840. The zero-order valence-electron chi connectivity index (χ0n) is 20.4. The minimum atomic E-state index is -0.468. The molecule has 0 aliphatic carbocycles. The van der Waals surface area contributed by atoms with Crippen molar-refractivity contribution >= 4 is 28.9 Å². The molecule has 0 bridgehead atoms. The second-order valence-corrected chi connectivity index (χ2v) is 9.01. The fraction of sp³-hybridized carbons (Fsp3) is 0.440. The van der Waals surface area contributed by atoms with E-state index in [0.29, 0.717) is 45.0 Å². The fourth-order valence-corrected chi connectivity index (χ4v) is 4.65. The molecule has 11 heteroatoms. The van der Waals surface area contributed by atoms with Crippen LogP contribution in [0.2, 0.25) is 0 Å². The fourth-order valence-electron chi connectivity index (χ4n) is 4.65. The maximum Gasteiger partial charge on any atom is 0.293 e. The highest BCUT2D eigenvalue weighted by atomic mass is 19.1. The van der Waals surface area contributed by atoms with Crippen LogP contribution in [0.5, 0.6) is 0 Å². The summed E-state index contributed by atoms with van der Waals surface area (Å²) in [5.41, 5.74) is 1.58. The van der Waals surface area contributed by atoms with Crippen molar-refractivity contribution in [1.82, 2.24) is 15.1 Å².